The highest BCUT2D eigenvalue weighted by Gasteiger charge is 2.20. The molecule has 0 aromatic carbocycles. The Morgan fingerprint density at radius 1 is 1.40 bits per heavy atom. The number of aromatic nitrogens is 3. The lowest BCUT2D eigenvalue weighted by Crippen LogP contribution is -2.32. The van der Waals surface area contributed by atoms with Crippen molar-refractivity contribution in [3.05, 3.63) is 22.6 Å². The minimum Gasteiger partial charge on any atom is -0.311 e. The average Bonchev–Trinajstić information content (AvgIpc) is 2.78. The van der Waals surface area contributed by atoms with Gasteiger partial charge in [0.2, 0.25) is 0 Å². The molecular weight excluding hydrogens is 340 g/mol. The number of piperidine rings is 1. The molecule has 3 rings (SSSR count). The lowest BCUT2D eigenvalue weighted by molar-refractivity contribution is 0.205. The molecule has 108 valence electrons. The van der Waals surface area contributed by atoms with Gasteiger partial charge < -0.3 is 9.47 Å². The molecule has 1 saturated heterocycles. The molecule has 0 spiro atoms. The van der Waals surface area contributed by atoms with E-state index in [1.165, 1.54) is 25.9 Å². The summed E-state index contributed by atoms with van der Waals surface area (Å²) in [4.78, 5) is 11.5. The number of pyridine rings is 1. The second kappa shape index (κ2) is 6.00. The SMILES string of the molecule is CN1CCC(Cn2c(CCl)nc3cc(Br)cnc32)CC1. The maximum Gasteiger partial charge on any atom is 0.160 e. The van der Waals surface area contributed by atoms with Gasteiger partial charge in [-0.2, -0.15) is 0 Å². The van der Waals surface area contributed by atoms with Gasteiger partial charge in [0.15, 0.2) is 5.65 Å². The second-order valence-corrected chi connectivity index (χ2v) is 6.70. The molecule has 4 nitrogen and oxygen atoms in total. The number of fused-ring (bicyclic) bond motifs is 1. The zero-order valence-electron chi connectivity index (χ0n) is 11.5. The van der Waals surface area contributed by atoms with Crippen molar-refractivity contribution >= 4 is 38.7 Å². The summed E-state index contributed by atoms with van der Waals surface area (Å²) >= 11 is 9.50. The van der Waals surface area contributed by atoms with Gasteiger partial charge in [-0.3, -0.25) is 0 Å². The van der Waals surface area contributed by atoms with Crippen LogP contribution in [0.25, 0.3) is 11.2 Å². The Hall–Kier alpha value is -0.650. The molecule has 0 bridgehead atoms. The highest BCUT2D eigenvalue weighted by Crippen LogP contribution is 2.24. The summed E-state index contributed by atoms with van der Waals surface area (Å²) in [6, 6.07) is 2.00. The second-order valence-electron chi connectivity index (χ2n) is 5.52. The minimum absolute atomic E-state index is 0.431. The average molecular weight is 358 g/mol. The number of nitrogens with zero attached hydrogens (tertiary/aromatic N) is 4. The number of rotatable bonds is 3. The third-order valence-corrected chi connectivity index (χ3v) is 4.70. The summed E-state index contributed by atoms with van der Waals surface area (Å²) in [6.45, 7) is 3.32. The molecule has 0 atom stereocenters. The van der Waals surface area contributed by atoms with Crippen molar-refractivity contribution in [1.82, 2.24) is 19.4 Å². The number of imidazole rings is 1. The van der Waals surface area contributed by atoms with E-state index in [0.29, 0.717) is 11.8 Å². The maximum atomic E-state index is 6.05. The molecule has 0 aliphatic carbocycles. The van der Waals surface area contributed by atoms with Crippen molar-refractivity contribution in [2.24, 2.45) is 5.92 Å². The fraction of sp³-hybridized carbons (Fsp3) is 0.571. The minimum atomic E-state index is 0.431. The van der Waals surface area contributed by atoms with E-state index in [4.69, 9.17) is 11.6 Å². The Morgan fingerprint density at radius 2 is 2.15 bits per heavy atom. The Morgan fingerprint density at radius 3 is 2.85 bits per heavy atom. The molecule has 20 heavy (non-hydrogen) atoms. The van der Waals surface area contributed by atoms with Crippen LogP contribution in [0.1, 0.15) is 18.7 Å². The third-order valence-electron chi connectivity index (χ3n) is 4.03. The van der Waals surface area contributed by atoms with E-state index < -0.39 is 0 Å². The molecule has 0 amide bonds. The molecule has 2 aromatic heterocycles. The predicted molar refractivity (Wildman–Crippen MR) is 85.0 cm³/mol. The van der Waals surface area contributed by atoms with Gasteiger partial charge in [-0.05, 0) is 60.9 Å². The molecule has 0 radical (unpaired) electrons. The lowest BCUT2D eigenvalue weighted by Gasteiger charge is -2.29. The summed E-state index contributed by atoms with van der Waals surface area (Å²) < 4.78 is 3.15. The van der Waals surface area contributed by atoms with E-state index >= 15 is 0 Å². The van der Waals surface area contributed by atoms with Gasteiger partial charge in [0.25, 0.3) is 0 Å². The van der Waals surface area contributed by atoms with Gasteiger partial charge in [-0.1, -0.05) is 0 Å². The van der Waals surface area contributed by atoms with E-state index in [9.17, 15) is 0 Å². The molecule has 0 unspecified atom stereocenters. The van der Waals surface area contributed by atoms with Crippen molar-refractivity contribution in [3.8, 4) is 0 Å². The number of halogens is 2. The van der Waals surface area contributed by atoms with Crippen LogP contribution < -0.4 is 0 Å². The fourth-order valence-corrected chi connectivity index (χ4v) is 3.35. The first-order valence-corrected chi connectivity index (χ1v) is 8.25. The van der Waals surface area contributed by atoms with E-state index in [-0.39, 0.29) is 0 Å². The number of alkyl halides is 1. The Kier molecular flexibility index (Phi) is 4.29. The van der Waals surface area contributed by atoms with Gasteiger partial charge >= 0.3 is 0 Å². The van der Waals surface area contributed by atoms with Crippen LogP contribution >= 0.6 is 27.5 Å². The van der Waals surface area contributed by atoms with Crippen LogP contribution in [0.3, 0.4) is 0 Å². The summed E-state index contributed by atoms with van der Waals surface area (Å²) in [7, 11) is 2.19. The highest BCUT2D eigenvalue weighted by molar-refractivity contribution is 9.10. The molecule has 3 heterocycles. The summed E-state index contributed by atoms with van der Waals surface area (Å²) in [5.41, 5.74) is 1.87. The van der Waals surface area contributed by atoms with Crippen molar-refractivity contribution in [3.63, 3.8) is 0 Å². The number of hydrogen-bond acceptors (Lipinski definition) is 3. The Balaban J connectivity index is 1.89. The van der Waals surface area contributed by atoms with Gasteiger partial charge in [0, 0.05) is 17.2 Å². The van der Waals surface area contributed by atoms with Crippen molar-refractivity contribution in [2.45, 2.75) is 25.3 Å². The quantitative estimate of drug-likeness (QED) is 0.791. The van der Waals surface area contributed by atoms with Gasteiger partial charge in [-0.15, -0.1) is 11.6 Å². The van der Waals surface area contributed by atoms with Crippen LogP contribution in [0, 0.1) is 5.92 Å². The van der Waals surface area contributed by atoms with Crippen LogP contribution in [-0.2, 0) is 12.4 Å². The monoisotopic (exact) mass is 356 g/mol. The van der Waals surface area contributed by atoms with E-state index in [0.717, 1.165) is 28.0 Å². The van der Waals surface area contributed by atoms with Crippen molar-refractivity contribution in [1.29, 1.82) is 0 Å². The predicted octanol–water partition coefficient (Wildman–Crippen LogP) is 3.27. The van der Waals surface area contributed by atoms with Crippen LogP contribution in [0.5, 0.6) is 0 Å². The van der Waals surface area contributed by atoms with Gasteiger partial charge in [-0.25, -0.2) is 9.97 Å². The third kappa shape index (κ3) is 2.85. The van der Waals surface area contributed by atoms with Crippen molar-refractivity contribution < 1.29 is 0 Å². The van der Waals surface area contributed by atoms with Gasteiger partial charge in [0.1, 0.15) is 11.3 Å². The molecule has 1 aliphatic heterocycles. The van der Waals surface area contributed by atoms with Crippen LogP contribution in [0.4, 0.5) is 0 Å². The molecule has 1 fully saturated rings. The van der Waals surface area contributed by atoms with Crippen LogP contribution in [-0.4, -0.2) is 39.6 Å². The normalized spacial score (nSPS) is 17.9. The first-order valence-electron chi connectivity index (χ1n) is 6.92. The lowest BCUT2D eigenvalue weighted by atomic mass is 9.97. The summed E-state index contributed by atoms with van der Waals surface area (Å²) in [5, 5.41) is 0. The standard InChI is InChI=1S/C14H18BrClN4/c1-19-4-2-10(3-5-19)9-20-13(7-16)18-12-6-11(15)8-17-14(12)20/h6,8,10H,2-5,7,9H2,1H3. The zero-order chi connectivity index (χ0) is 14.1. The van der Waals surface area contributed by atoms with E-state index in [1.807, 2.05) is 12.3 Å². The van der Waals surface area contributed by atoms with Crippen LogP contribution in [0.15, 0.2) is 16.7 Å². The molecule has 2 aromatic rings. The van der Waals surface area contributed by atoms with Crippen molar-refractivity contribution in [2.75, 3.05) is 20.1 Å². The Bertz CT molecular complexity index is 604. The topological polar surface area (TPSA) is 34.0 Å². The zero-order valence-corrected chi connectivity index (χ0v) is 13.9. The largest absolute Gasteiger partial charge is 0.311 e. The summed E-state index contributed by atoms with van der Waals surface area (Å²) in [6.07, 6.45) is 4.29. The number of likely N-dealkylation sites (tertiary alicyclic amines) is 1. The maximum absolute atomic E-state index is 6.05. The number of hydrogen-bond donors (Lipinski definition) is 0. The smallest absolute Gasteiger partial charge is 0.160 e. The Labute approximate surface area is 132 Å². The van der Waals surface area contributed by atoms with Gasteiger partial charge in [0.05, 0.1) is 5.88 Å². The molecule has 0 saturated carbocycles. The molecular formula is C14H18BrClN4. The fourth-order valence-electron chi connectivity index (χ4n) is 2.83. The molecule has 6 heteroatoms. The van der Waals surface area contributed by atoms with E-state index in [1.54, 1.807) is 0 Å². The molecule has 1 aliphatic rings. The van der Waals surface area contributed by atoms with Crippen LogP contribution in [0.2, 0.25) is 0 Å². The molecule has 0 N–H and O–H groups in total. The highest BCUT2D eigenvalue weighted by atomic mass is 79.9. The van der Waals surface area contributed by atoms with E-state index in [2.05, 4.69) is 42.4 Å². The first kappa shape index (κ1) is 14.3. The first-order chi connectivity index (χ1) is 9.67. The summed E-state index contributed by atoms with van der Waals surface area (Å²) in [5.74, 6) is 2.04.